The molecule has 3 rings (SSSR count). The highest BCUT2D eigenvalue weighted by atomic mass is 79.9. The molecule has 1 N–H and O–H groups in total. The average molecular weight is 523 g/mol. The summed E-state index contributed by atoms with van der Waals surface area (Å²) in [5.74, 6) is -2.18. The fraction of sp³-hybridized carbons (Fsp3) is 0.364. The third-order valence-corrected chi connectivity index (χ3v) is 6.61. The van der Waals surface area contributed by atoms with Crippen molar-refractivity contribution in [2.45, 2.75) is 44.9 Å². The van der Waals surface area contributed by atoms with Crippen LogP contribution in [0.3, 0.4) is 0 Å². The molecular formula is C22H23BrN2O6S. The number of nitrogens with one attached hydrogen (secondary N) is 1. The van der Waals surface area contributed by atoms with Crippen LogP contribution in [-0.2, 0) is 19.1 Å². The third-order valence-electron chi connectivity index (χ3n) is 4.85. The second-order valence-corrected chi connectivity index (χ2v) is 10.1. The van der Waals surface area contributed by atoms with E-state index in [-0.39, 0.29) is 11.3 Å². The first-order valence-corrected chi connectivity index (χ1v) is 11.4. The minimum absolute atomic E-state index is 0.180. The van der Waals surface area contributed by atoms with Gasteiger partial charge in [0.25, 0.3) is 0 Å². The maximum Gasteiger partial charge on any atom is 0.408 e. The van der Waals surface area contributed by atoms with Gasteiger partial charge in [0.15, 0.2) is 0 Å². The van der Waals surface area contributed by atoms with Gasteiger partial charge in [0.2, 0.25) is 17.2 Å². The van der Waals surface area contributed by atoms with Crippen LogP contribution in [0.25, 0.3) is 0 Å². The molecule has 1 aromatic carbocycles. The SMILES string of the molecule is COC(=O)[C@@]1([C@@H](NC(=O)OC(C)(C)C)c2cc(Br)cs2)C(=O)c2ccccc2N1C(C)=O. The summed E-state index contributed by atoms with van der Waals surface area (Å²) in [6, 6.07) is 6.81. The number of halogens is 1. The number of anilines is 1. The molecule has 2 atom stereocenters. The highest BCUT2D eigenvalue weighted by Crippen LogP contribution is 2.47. The normalized spacial score (nSPS) is 18.7. The van der Waals surface area contributed by atoms with Gasteiger partial charge >= 0.3 is 12.1 Å². The first-order chi connectivity index (χ1) is 14.9. The lowest BCUT2D eigenvalue weighted by Crippen LogP contribution is -2.66. The molecule has 1 aliphatic heterocycles. The lowest BCUT2D eigenvalue weighted by molar-refractivity contribution is -0.147. The van der Waals surface area contributed by atoms with Crippen LogP contribution in [-0.4, -0.2) is 42.0 Å². The zero-order valence-corrected chi connectivity index (χ0v) is 20.6. The van der Waals surface area contributed by atoms with Crippen molar-refractivity contribution in [3.05, 3.63) is 50.6 Å². The van der Waals surface area contributed by atoms with Crippen molar-refractivity contribution in [2.24, 2.45) is 0 Å². The number of fused-ring (bicyclic) bond motifs is 1. The number of alkyl carbamates (subject to hydrolysis) is 1. The Morgan fingerprint density at radius 2 is 1.88 bits per heavy atom. The van der Waals surface area contributed by atoms with E-state index in [0.29, 0.717) is 9.35 Å². The van der Waals surface area contributed by atoms with Gasteiger partial charge in [0.05, 0.1) is 12.8 Å². The molecule has 0 bridgehead atoms. The Bertz CT molecular complexity index is 1090. The summed E-state index contributed by atoms with van der Waals surface area (Å²) in [5, 5.41) is 4.41. The van der Waals surface area contributed by atoms with E-state index in [4.69, 9.17) is 9.47 Å². The fourth-order valence-electron chi connectivity index (χ4n) is 3.78. The molecule has 1 aliphatic rings. The van der Waals surface area contributed by atoms with Gasteiger partial charge in [-0.1, -0.05) is 12.1 Å². The summed E-state index contributed by atoms with van der Waals surface area (Å²) >= 11 is 4.58. The van der Waals surface area contributed by atoms with Crippen LogP contribution in [0.1, 0.15) is 49.0 Å². The molecule has 0 saturated carbocycles. The van der Waals surface area contributed by atoms with Crippen molar-refractivity contribution in [1.82, 2.24) is 5.32 Å². The number of hydrogen-bond donors (Lipinski definition) is 1. The van der Waals surface area contributed by atoms with E-state index in [2.05, 4.69) is 21.2 Å². The molecule has 2 heterocycles. The summed E-state index contributed by atoms with van der Waals surface area (Å²) < 4.78 is 11.1. The number of ketones is 1. The van der Waals surface area contributed by atoms with E-state index in [1.54, 1.807) is 50.4 Å². The molecule has 32 heavy (non-hydrogen) atoms. The van der Waals surface area contributed by atoms with Gasteiger partial charge in [-0.2, -0.15) is 0 Å². The zero-order chi connectivity index (χ0) is 23.8. The number of benzene rings is 1. The quantitative estimate of drug-likeness (QED) is 0.475. The van der Waals surface area contributed by atoms with Crippen molar-refractivity contribution in [3.8, 4) is 0 Å². The number of ether oxygens (including phenoxy) is 2. The molecule has 0 spiro atoms. The van der Waals surface area contributed by atoms with Gasteiger partial charge in [-0.05, 0) is 54.9 Å². The maximum atomic E-state index is 13.8. The van der Waals surface area contributed by atoms with Crippen LogP contribution in [0.15, 0.2) is 40.2 Å². The first kappa shape index (κ1) is 23.9. The molecule has 2 aromatic rings. The van der Waals surface area contributed by atoms with Gasteiger partial charge in [-0.3, -0.25) is 14.5 Å². The number of methoxy groups -OCH3 is 1. The number of carbonyl (C=O) groups excluding carboxylic acids is 4. The number of hydrogen-bond acceptors (Lipinski definition) is 7. The topological polar surface area (TPSA) is 102 Å². The van der Waals surface area contributed by atoms with Crippen molar-refractivity contribution >= 4 is 56.7 Å². The van der Waals surface area contributed by atoms with Gasteiger partial charge in [0, 0.05) is 27.2 Å². The number of amides is 2. The van der Waals surface area contributed by atoms with Gasteiger partial charge < -0.3 is 14.8 Å². The predicted molar refractivity (Wildman–Crippen MR) is 123 cm³/mol. The number of esters is 1. The Morgan fingerprint density at radius 3 is 2.41 bits per heavy atom. The fourth-order valence-corrected chi connectivity index (χ4v) is 5.34. The number of nitrogens with zero attached hydrogens (tertiary/aromatic N) is 1. The highest BCUT2D eigenvalue weighted by molar-refractivity contribution is 9.10. The van der Waals surface area contributed by atoms with E-state index >= 15 is 0 Å². The molecule has 0 radical (unpaired) electrons. The second kappa shape index (κ2) is 8.67. The summed E-state index contributed by atoms with van der Waals surface area (Å²) in [6.45, 7) is 6.33. The largest absolute Gasteiger partial charge is 0.467 e. The van der Waals surface area contributed by atoms with Crippen LogP contribution >= 0.6 is 27.3 Å². The molecule has 1 aromatic heterocycles. The van der Waals surface area contributed by atoms with E-state index in [1.807, 2.05) is 0 Å². The molecule has 0 unspecified atom stereocenters. The van der Waals surface area contributed by atoms with Crippen LogP contribution < -0.4 is 10.2 Å². The molecule has 0 saturated heterocycles. The van der Waals surface area contributed by atoms with Crippen LogP contribution in [0.4, 0.5) is 10.5 Å². The minimum atomic E-state index is -2.19. The van der Waals surface area contributed by atoms with Gasteiger partial charge in [-0.25, -0.2) is 9.59 Å². The standard InChI is InChI=1S/C22H23BrN2O6S/c1-12(26)25-15-9-7-6-8-14(15)18(27)22(25,19(28)30-5)17(16-10-13(23)11-32-16)24-20(29)31-21(2,3)4/h6-11,17H,1-5H3,(H,24,29)/t17-,22+/m0/s1. The minimum Gasteiger partial charge on any atom is -0.467 e. The second-order valence-electron chi connectivity index (χ2n) is 8.21. The Morgan fingerprint density at radius 1 is 1.22 bits per heavy atom. The predicted octanol–water partition coefficient (Wildman–Crippen LogP) is 4.24. The summed E-state index contributed by atoms with van der Waals surface area (Å²) in [7, 11) is 1.13. The van der Waals surface area contributed by atoms with Gasteiger partial charge in [-0.15, -0.1) is 11.3 Å². The summed E-state index contributed by atoms with van der Waals surface area (Å²) in [4.78, 5) is 54.4. The highest BCUT2D eigenvalue weighted by Gasteiger charge is 2.65. The summed E-state index contributed by atoms with van der Waals surface area (Å²) in [5.41, 5.74) is -2.57. The molecular weight excluding hydrogens is 500 g/mol. The molecule has 8 nitrogen and oxygen atoms in total. The lowest BCUT2D eigenvalue weighted by Gasteiger charge is -2.40. The molecule has 10 heteroatoms. The van der Waals surface area contributed by atoms with Crippen molar-refractivity contribution < 1.29 is 28.7 Å². The van der Waals surface area contributed by atoms with Crippen LogP contribution in [0.2, 0.25) is 0 Å². The van der Waals surface area contributed by atoms with Crippen LogP contribution in [0, 0.1) is 0 Å². The number of carbonyl (C=O) groups is 4. The number of Topliss-reactive ketones (excluding diaryl/α,β-unsaturated/α-hetero) is 1. The van der Waals surface area contributed by atoms with Crippen molar-refractivity contribution in [2.75, 3.05) is 12.0 Å². The molecule has 2 amide bonds. The number of thiophene rings is 1. The Kier molecular flexibility index (Phi) is 6.48. The van der Waals surface area contributed by atoms with Crippen molar-refractivity contribution in [3.63, 3.8) is 0 Å². The lowest BCUT2D eigenvalue weighted by atomic mass is 9.83. The Hall–Kier alpha value is -2.72. The van der Waals surface area contributed by atoms with Crippen LogP contribution in [0.5, 0.6) is 0 Å². The smallest absolute Gasteiger partial charge is 0.408 e. The van der Waals surface area contributed by atoms with E-state index in [9.17, 15) is 19.2 Å². The molecule has 0 fully saturated rings. The monoisotopic (exact) mass is 522 g/mol. The van der Waals surface area contributed by atoms with E-state index in [1.165, 1.54) is 24.3 Å². The molecule has 0 aliphatic carbocycles. The van der Waals surface area contributed by atoms with E-state index < -0.39 is 40.9 Å². The van der Waals surface area contributed by atoms with Crippen molar-refractivity contribution in [1.29, 1.82) is 0 Å². The number of rotatable bonds is 4. The van der Waals surface area contributed by atoms with Gasteiger partial charge in [0.1, 0.15) is 11.6 Å². The Labute approximate surface area is 198 Å². The Balaban J connectivity index is 2.28. The van der Waals surface area contributed by atoms with E-state index in [0.717, 1.165) is 12.0 Å². The molecule has 170 valence electrons. The maximum absolute atomic E-state index is 13.8. The average Bonchev–Trinajstić information content (AvgIpc) is 3.24. The number of para-hydroxylation sites is 1. The zero-order valence-electron chi connectivity index (χ0n) is 18.2. The third kappa shape index (κ3) is 4.04. The first-order valence-electron chi connectivity index (χ1n) is 9.70. The summed E-state index contributed by atoms with van der Waals surface area (Å²) in [6.07, 6.45) is -0.845.